The molecule has 0 aliphatic heterocycles. The standard InChI is InChI=1S/C15H15F2NO/c1-18-9-10-6-7-11(16)8-13(10)12-4-3-5-14(19-2)15(12)17/h3-8,18H,9H2,1-2H3. The summed E-state index contributed by atoms with van der Waals surface area (Å²) in [6, 6.07) is 9.20. The minimum atomic E-state index is -0.479. The van der Waals surface area contributed by atoms with Crippen LogP contribution in [0.1, 0.15) is 5.56 Å². The number of halogens is 2. The molecule has 0 aliphatic carbocycles. The third kappa shape index (κ3) is 2.74. The van der Waals surface area contributed by atoms with Gasteiger partial charge in [-0.05, 0) is 36.4 Å². The lowest BCUT2D eigenvalue weighted by atomic mass is 9.98. The molecule has 0 bridgehead atoms. The molecule has 0 heterocycles. The lowest BCUT2D eigenvalue weighted by Gasteiger charge is -2.12. The summed E-state index contributed by atoms with van der Waals surface area (Å²) < 4.78 is 32.6. The van der Waals surface area contributed by atoms with E-state index in [2.05, 4.69) is 5.32 Å². The summed E-state index contributed by atoms with van der Waals surface area (Å²) in [5.41, 5.74) is 1.70. The van der Waals surface area contributed by atoms with Crippen molar-refractivity contribution < 1.29 is 13.5 Å². The molecule has 2 nitrogen and oxygen atoms in total. The molecule has 0 spiro atoms. The van der Waals surface area contributed by atoms with E-state index in [-0.39, 0.29) is 5.75 Å². The first-order chi connectivity index (χ1) is 9.17. The number of benzene rings is 2. The monoisotopic (exact) mass is 263 g/mol. The maximum Gasteiger partial charge on any atom is 0.172 e. The molecule has 0 aromatic heterocycles. The molecular weight excluding hydrogens is 248 g/mol. The highest BCUT2D eigenvalue weighted by atomic mass is 19.1. The van der Waals surface area contributed by atoms with Gasteiger partial charge in [-0.2, -0.15) is 0 Å². The number of nitrogens with one attached hydrogen (secondary N) is 1. The molecule has 2 rings (SSSR count). The highest BCUT2D eigenvalue weighted by Crippen LogP contribution is 2.31. The zero-order valence-corrected chi connectivity index (χ0v) is 10.8. The first kappa shape index (κ1) is 13.5. The maximum atomic E-state index is 14.2. The van der Waals surface area contributed by atoms with Gasteiger partial charge in [-0.1, -0.05) is 18.2 Å². The number of rotatable bonds is 4. The minimum absolute atomic E-state index is 0.150. The van der Waals surface area contributed by atoms with E-state index in [1.165, 1.54) is 25.3 Å². The topological polar surface area (TPSA) is 21.3 Å². The van der Waals surface area contributed by atoms with E-state index in [0.29, 0.717) is 17.7 Å². The Morgan fingerprint density at radius 1 is 1.11 bits per heavy atom. The fourth-order valence-corrected chi connectivity index (χ4v) is 2.02. The van der Waals surface area contributed by atoms with Crippen molar-refractivity contribution in [3.8, 4) is 16.9 Å². The molecule has 2 aromatic carbocycles. The summed E-state index contributed by atoms with van der Waals surface area (Å²) >= 11 is 0. The highest BCUT2D eigenvalue weighted by molar-refractivity contribution is 5.69. The summed E-state index contributed by atoms with van der Waals surface area (Å²) in [7, 11) is 3.19. The summed E-state index contributed by atoms with van der Waals surface area (Å²) in [6.07, 6.45) is 0. The zero-order valence-electron chi connectivity index (χ0n) is 10.8. The van der Waals surface area contributed by atoms with Crippen molar-refractivity contribution in [3.05, 3.63) is 53.6 Å². The summed E-state index contributed by atoms with van der Waals surface area (Å²) in [5.74, 6) is -0.720. The van der Waals surface area contributed by atoms with E-state index >= 15 is 0 Å². The van der Waals surface area contributed by atoms with Crippen molar-refractivity contribution in [3.63, 3.8) is 0 Å². The van der Waals surface area contributed by atoms with Crippen molar-refractivity contribution in [1.29, 1.82) is 0 Å². The van der Waals surface area contributed by atoms with Crippen LogP contribution in [0.4, 0.5) is 8.78 Å². The molecule has 100 valence electrons. The average Bonchev–Trinajstić information content (AvgIpc) is 2.41. The van der Waals surface area contributed by atoms with Gasteiger partial charge in [-0.3, -0.25) is 0 Å². The number of hydrogen-bond donors (Lipinski definition) is 1. The molecule has 0 unspecified atom stereocenters. The van der Waals surface area contributed by atoms with Crippen molar-refractivity contribution in [2.75, 3.05) is 14.2 Å². The van der Waals surface area contributed by atoms with Gasteiger partial charge in [0.25, 0.3) is 0 Å². The van der Waals surface area contributed by atoms with Crippen LogP contribution >= 0.6 is 0 Å². The second-order valence-electron chi connectivity index (χ2n) is 4.15. The van der Waals surface area contributed by atoms with Gasteiger partial charge in [-0.15, -0.1) is 0 Å². The Labute approximate surface area is 111 Å². The molecule has 0 fully saturated rings. The smallest absolute Gasteiger partial charge is 0.172 e. The fourth-order valence-electron chi connectivity index (χ4n) is 2.02. The normalized spacial score (nSPS) is 10.5. The van der Waals surface area contributed by atoms with E-state index in [1.807, 2.05) is 0 Å². The Balaban J connectivity index is 2.60. The Morgan fingerprint density at radius 3 is 2.58 bits per heavy atom. The van der Waals surface area contributed by atoms with Crippen LogP contribution in [-0.4, -0.2) is 14.2 Å². The van der Waals surface area contributed by atoms with E-state index in [4.69, 9.17) is 4.74 Å². The van der Waals surface area contributed by atoms with Crippen molar-refractivity contribution in [1.82, 2.24) is 5.32 Å². The molecule has 0 radical (unpaired) electrons. The van der Waals surface area contributed by atoms with Crippen LogP contribution in [0.25, 0.3) is 11.1 Å². The van der Waals surface area contributed by atoms with Gasteiger partial charge in [0.15, 0.2) is 11.6 Å². The summed E-state index contributed by atoms with van der Waals surface area (Å²) in [4.78, 5) is 0. The second kappa shape index (κ2) is 5.80. The Kier molecular flexibility index (Phi) is 4.12. The van der Waals surface area contributed by atoms with Gasteiger partial charge >= 0.3 is 0 Å². The average molecular weight is 263 g/mol. The van der Waals surface area contributed by atoms with Crippen LogP contribution in [0.5, 0.6) is 5.75 Å². The molecule has 0 saturated carbocycles. The minimum Gasteiger partial charge on any atom is -0.494 e. The third-order valence-electron chi connectivity index (χ3n) is 2.91. The van der Waals surface area contributed by atoms with Crippen LogP contribution in [-0.2, 0) is 6.54 Å². The summed E-state index contributed by atoms with van der Waals surface area (Å²) in [6.45, 7) is 0.534. The molecule has 0 amide bonds. The van der Waals surface area contributed by atoms with Gasteiger partial charge in [0.05, 0.1) is 7.11 Å². The van der Waals surface area contributed by atoms with Gasteiger partial charge in [0.2, 0.25) is 0 Å². The Morgan fingerprint density at radius 2 is 1.89 bits per heavy atom. The predicted molar refractivity (Wildman–Crippen MR) is 71.1 cm³/mol. The van der Waals surface area contributed by atoms with E-state index in [9.17, 15) is 8.78 Å². The van der Waals surface area contributed by atoms with Crippen LogP contribution in [0.2, 0.25) is 0 Å². The lowest BCUT2D eigenvalue weighted by Crippen LogP contribution is -2.07. The fraction of sp³-hybridized carbons (Fsp3) is 0.200. The Hall–Kier alpha value is -1.94. The predicted octanol–water partition coefficient (Wildman–Crippen LogP) is 3.36. The van der Waals surface area contributed by atoms with Gasteiger partial charge in [-0.25, -0.2) is 8.78 Å². The second-order valence-corrected chi connectivity index (χ2v) is 4.15. The van der Waals surface area contributed by atoms with Crippen molar-refractivity contribution in [2.24, 2.45) is 0 Å². The van der Waals surface area contributed by atoms with Gasteiger partial charge < -0.3 is 10.1 Å². The number of ether oxygens (including phenoxy) is 1. The third-order valence-corrected chi connectivity index (χ3v) is 2.91. The lowest BCUT2D eigenvalue weighted by molar-refractivity contribution is 0.387. The molecule has 0 saturated heterocycles. The first-order valence-electron chi connectivity index (χ1n) is 5.93. The van der Waals surface area contributed by atoms with Crippen molar-refractivity contribution >= 4 is 0 Å². The maximum absolute atomic E-state index is 14.2. The van der Waals surface area contributed by atoms with E-state index in [1.54, 1.807) is 25.2 Å². The first-order valence-corrected chi connectivity index (χ1v) is 5.93. The largest absolute Gasteiger partial charge is 0.494 e. The van der Waals surface area contributed by atoms with Crippen LogP contribution < -0.4 is 10.1 Å². The number of methoxy groups -OCH3 is 1. The zero-order chi connectivity index (χ0) is 13.8. The molecule has 0 aliphatic rings. The van der Waals surface area contributed by atoms with Crippen LogP contribution in [0, 0.1) is 11.6 Å². The Bertz CT molecular complexity index is 584. The quantitative estimate of drug-likeness (QED) is 0.913. The van der Waals surface area contributed by atoms with E-state index in [0.717, 1.165) is 5.56 Å². The van der Waals surface area contributed by atoms with Crippen molar-refractivity contribution in [2.45, 2.75) is 6.54 Å². The van der Waals surface area contributed by atoms with E-state index < -0.39 is 11.6 Å². The molecule has 0 atom stereocenters. The van der Waals surface area contributed by atoms with Gasteiger partial charge in [0, 0.05) is 12.1 Å². The van der Waals surface area contributed by atoms with Crippen LogP contribution in [0.3, 0.4) is 0 Å². The summed E-state index contributed by atoms with van der Waals surface area (Å²) in [5, 5.41) is 2.99. The molecule has 1 N–H and O–H groups in total. The molecule has 2 aromatic rings. The highest BCUT2D eigenvalue weighted by Gasteiger charge is 2.14. The SMILES string of the molecule is CNCc1ccc(F)cc1-c1cccc(OC)c1F. The number of hydrogen-bond acceptors (Lipinski definition) is 2. The van der Waals surface area contributed by atoms with Crippen LogP contribution in [0.15, 0.2) is 36.4 Å². The molecule has 19 heavy (non-hydrogen) atoms. The molecular formula is C15H15F2NO. The molecule has 4 heteroatoms. The van der Waals surface area contributed by atoms with Gasteiger partial charge in [0.1, 0.15) is 5.82 Å².